The molecule has 0 saturated carbocycles. The molecule has 6 heteroatoms. The van der Waals surface area contributed by atoms with E-state index in [0.717, 1.165) is 40.1 Å². The van der Waals surface area contributed by atoms with Crippen molar-refractivity contribution in [3.8, 4) is 34.1 Å². The molecule has 0 N–H and O–H groups in total. The summed E-state index contributed by atoms with van der Waals surface area (Å²) in [5.74, 6) is 2.87. The van der Waals surface area contributed by atoms with Crippen molar-refractivity contribution in [2.75, 3.05) is 28.4 Å². The van der Waals surface area contributed by atoms with Crippen LogP contribution in [-0.2, 0) is 12.6 Å². The third kappa shape index (κ3) is 3.89. The van der Waals surface area contributed by atoms with E-state index in [-0.39, 0.29) is 0 Å². The van der Waals surface area contributed by atoms with Gasteiger partial charge in [-0.05, 0) is 23.3 Å². The molecule has 0 saturated heterocycles. The van der Waals surface area contributed by atoms with E-state index in [1.54, 1.807) is 28.4 Å². The zero-order valence-electron chi connectivity index (χ0n) is 15.5. The minimum absolute atomic E-state index is 0.355. The van der Waals surface area contributed by atoms with Gasteiger partial charge in [-0.3, -0.25) is 0 Å². The van der Waals surface area contributed by atoms with Crippen LogP contribution in [0.25, 0.3) is 11.1 Å². The minimum atomic E-state index is 0.355. The molecule has 2 rings (SSSR count). The van der Waals surface area contributed by atoms with Gasteiger partial charge in [0.1, 0.15) is 30.3 Å². The number of ether oxygens (including phenoxy) is 4. The van der Waals surface area contributed by atoms with Crippen LogP contribution in [0.1, 0.15) is 11.1 Å². The van der Waals surface area contributed by atoms with Crippen molar-refractivity contribution >= 4 is 15.1 Å². The lowest BCUT2D eigenvalue weighted by molar-refractivity contribution is 0.390. The van der Waals surface area contributed by atoms with Gasteiger partial charge >= 0.3 is 0 Å². The molecular formula is C19H23B2O4. The molecule has 4 nitrogen and oxygen atoms in total. The summed E-state index contributed by atoms with van der Waals surface area (Å²) in [6.07, 6.45) is 1.12. The Morgan fingerprint density at radius 3 is 1.64 bits per heavy atom. The minimum Gasteiger partial charge on any atom is -0.497 e. The molecule has 0 aliphatic carbocycles. The Hall–Kier alpha value is -2.23. The first-order chi connectivity index (χ1) is 12.1. The third-order valence-electron chi connectivity index (χ3n) is 4.12. The third-order valence-corrected chi connectivity index (χ3v) is 4.12. The van der Waals surface area contributed by atoms with Gasteiger partial charge in [0.2, 0.25) is 0 Å². The molecule has 0 aliphatic rings. The molecular weight excluding hydrogens is 314 g/mol. The molecule has 129 valence electrons. The molecule has 0 heterocycles. The Balaban J connectivity index is 2.84. The van der Waals surface area contributed by atoms with Gasteiger partial charge in [0, 0.05) is 23.3 Å². The summed E-state index contributed by atoms with van der Waals surface area (Å²) in [7, 11) is 14.7. The first-order valence-corrected chi connectivity index (χ1v) is 8.11. The fourth-order valence-electron chi connectivity index (χ4n) is 2.96. The molecule has 0 spiro atoms. The van der Waals surface area contributed by atoms with E-state index in [9.17, 15) is 0 Å². The van der Waals surface area contributed by atoms with Crippen LogP contribution in [0.15, 0.2) is 24.3 Å². The SMILES string of the molecule is [B]Cc1cc(OC)cc(OC)c1-c1c(C[B]C)cc(OC)cc1OC. The molecule has 0 atom stereocenters. The van der Waals surface area contributed by atoms with Crippen molar-refractivity contribution in [2.45, 2.75) is 19.5 Å². The van der Waals surface area contributed by atoms with Gasteiger partial charge < -0.3 is 18.9 Å². The van der Waals surface area contributed by atoms with Crippen LogP contribution < -0.4 is 18.9 Å². The predicted molar refractivity (Wildman–Crippen MR) is 103 cm³/mol. The second-order valence-electron chi connectivity index (χ2n) is 5.54. The van der Waals surface area contributed by atoms with Gasteiger partial charge in [0.15, 0.2) is 0 Å². The van der Waals surface area contributed by atoms with Crippen molar-refractivity contribution in [1.82, 2.24) is 0 Å². The molecule has 0 aromatic heterocycles. The van der Waals surface area contributed by atoms with Gasteiger partial charge in [-0.1, -0.05) is 19.5 Å². The lowest BCUT2D eigenvalue weighted by atomic mass is 9.72. The van der Waals surface area contributed by atoms with Gasteiger partial charge in [0.25, 0.3) is 0 Å². The normalized spacial score (nSPS) is 10.3. The van der Waals surface area contributed by atoms with Gasteiger partial charge in [0.05, 0.1) is 36.3 Å². The van der Waals surface area contributed by atoms with E-state index in [1.807, 2.05) is 31.1 Å². The first kappa shape index (κ1) is 19.1. The summed E-state index contributed by atoms with van der Waals surface area (Å²) < 4.78 is 22.1. The van der Waals surface area contributed by atoms with Crippen LogP contribution in [-0.4, -0.2) is 43.6 Å². The topological polar surface area (TPSA) is 36.9 Å². The summed E-state index contributed by atoms with van der Waals surface area (Å²) >= 11 is 0. The Bertz CT molecular complexity index is 707. The summed E-state index contributed by atoms with van der Waals surface area (Å²) in [6, 6.07) is 7.68. The number of hydrogen-bond acceptors (Lipinski definition) is 4. The Kier molecular flexibility index (Phi) is 6.68. The highest BCUT2D eigenvalue weighted by molar-refractivity contribution is 6.33. The highest BCUT2D eigenvalue weighted by Gasteiger charge is 2.21. The van der Waals surface area contributed by atoms with Crippen LogP contribution in [0.3, 0.4) is 0 Å². The highest BCUT2D eigenvalue weighted by Crippen LogP contribution is 2.45. The molecule has 3 radical (unpaired) electrons. The zero-order chi connectivity index (χ0) is 18.4. The summed E-state index contributed by atoms with van der Waals surface area (Å²) in [6.45, 7) is 2.02. The lowest BCUT2D eigenvalue weighted by Gasteiger charge is -2.21. The number of methoxy groups -OCH3 is 4. The van der Waals surface area contributed by atoms with Crippen LogP contribution in [0.4, 0.5) is 0 Å². The second kappa shape index (κ2) is 8.75. The van der Waals surface area contributed by atoms with E-state index in [0.29, 0.717) is 17.8 Å². The Labute approximate surface area is 152 Å². The lowest BCUT2D eigenvalue weighted by Crippen LogP contribution is -2.04. The monoisotopic (exact) mass is 337 g/mol. The number of rotatable bonds is 8. The fraction of sp³-hybridized carbons (Fsp3) is 0.368. The summed E-state index contributed by atoms with van der Waals surface area (Å²) in [5, 5.41) is 0. The standard InChI is InChI=1S/C19H23B2O4/c1-21-11-13-7-15(23-3)9-17(25-5)19(13)18-12(10-20)6-14(22-2)8-16(18)24-4/h6-9H,10-11H2,1-5H3. The predicted octanol–water partition coefficient (Wildman–Crippen LogP) is 3.31. The van der Waals surface area contributed by atoms with Crippen molar-refractivity contribution in [3.05, 3.63) is 35.4 Å². The van der Waals surface area contributed by atoms with Crippen LogP contribution >= 0.6 is 0 Å². The van der Waals surface area contributed by atoms with Gasteiger partial charge in [-0.15, -0.1) is 0 Å². The molecule has 25 heavy (non-hydrogen) atoms. The van der Waals surface area contributed by atoms with Crippen molar-refractivity contribution < 1.29 is 18.9 Å². The van der Waals surface area contributed by atoms with E-state index in [4.69, 9.17) is 26.8 Å². The first-order valence-electron chi connectivity index (χ1n) is 8.11. The molecule has 0 aliphatic heterocycles. The average Bonchev–Trinajstić information content (AvgIpc) is 2.66. The van der Waals surface area contributed by atoms with Gasteiger partial charge in [-0.2, -0.15) is 0 Å². The summed E-state index contributed by atoms with van der Waals surface area (Å²) in [4.78, 5) is 0. The molecule has 0 unspecified atom stereocenters. The van der Waals surface area contributed by atoms with Crippen molar-refractivity contribution in [2.24, 2.45) is 0 Å². The zero-order valence-corrected chi connectivity index (χ0v) is 15.5. The summed E-state index contributed by atoms with van der Waals surface area (Å²) in [5.41, 5.74) is 3.89. The second-order valence-corrected chi connectivity index (χ2v) is 5.54. The van der Waals surface area contributed by atoms with Crippen LogP contribution in [0.5, 0.6) is 23.0 Å². The maximum absolute atomic E-state index is 6.02. The number of benzene rings is 2. The van der Waals surface area contributed by atoms with Crippen molar-refractivity contribution in [1.29, 1.82) is 0 Å². The molecule has 0 fully saturated rings. The molecule has 2 aromatic carbocycles. The quantitative estimate of drug-likeness (QED) is 0.693. The molecule has 2 aromatic rings. The van der Waals surface area contributed by atoms with Crippen molar-refractivity contribution in [3.63, 3.8) is 0 Å². The maximum atomic E-state index is 6.02. The maximum Gasteiger partial charge on any atom is 0.130 e. The largest absolute Gasteiger partial charge is 0.497 e. The number of hydrogen-bond donors (Lipinski definition) is 0. The van der Waals surface area contributed by atoms with Gasteiger partial charge in [-0.25, -0.2) is 0 Å². The molecule has 0 bridgehead atoms. The van der Waals surface area contributed by atoms with Crippen LogP contribution in [0, 0.1) is 0 Å². The van der Waals surface area contributed by atoms with Crippen LogP contribution in [0.2, 0.25) is 6.82 Å². The highest BCUT2D eigenvalue weighted by atomic mass is 16.5. The Morgan fingerprint density at radius 2 is 1.24 bits per heavy atom. The van der Waals surface area contributed by atoms with E-state index in [1.165, 1.54) is 0 Å². The van der Waals surface area contributed by atoms with E-state index in [2.05, 4.69) is 7.28 Å². The van der Waals surface area contributed by atoms with E-state index >= 15 is 0 Å². The van der Waals surface area contributed by atoms with E-state index < -0.39 is 0 Å². The molecule has 0 amide bonds. The Morgan fingerprint density at radius 1 is 0.760 bits per heavy atom. The smallest absolute Gasteiger partial charge is 0.130 e. The average molecular weight is 337 g/mol. The fourth-order valence-corrected chi connectivity index (χ4v) is 2.96.